The molecule has 0 fully saturated rings. The van der Waals surface area contributed by atoms with Gasteiger partial charge in [-0.15, -0.1) is 0 Å². The lowest BCUT2D eigenvalue weighted by molar-refractivity contribution is -0.777. The van der Waals surface area contributed by atoms with E-state index in [2.05, 4.69) is 37.1 Å². The summed E-state index contributed by atoms with van der Waals surface area (Å²) < 4.78 is 14.9. The zero-order chi connectivity index (χ0) is 21.2. The summed E-state index contributed by atoms with van der Waals surface area (Å²) in [4.78, 5) is 24.5. The van der Waals surface area contributed by atoms with Gasteiger partial charge >= 0.3 is 11.9 Å². The van der Waals surface area contributed by atoms with Crippen LogP contribution in [0, 0.1) is 11.8 Å². The lowest BCUT2D eigenvalue weighted by atomic mass is 10.0. The summed E-state index contributed by atoms with van der Waals surface area (Å²) in [6.45, 7) is 8.96. The molecule has 8 heteroatoms. The summed E-state index contributed by atoms with van der Waals surface area (Å²) in [5, 5.41) is 12.4. The lowest BCUT2D eigenvalue weighted by Gasteiger charge is -2.19. The molecule has 0 aliphatic rings. The predicted molar refractivity (Wildman–Crippen MR) is 107 cm³/mol. The van der Waals surface area contributed by atoms with Crippen molar-refractivity contribution >= 4 is 24.0 Å². The van der Waals surface area contributed by atoms with E-state index < -0.39 is 17.2 Å². The number of carbonyl (C=O) groups is 2. The maximum atomic E-state index is 12.3. The molecule has 28 heavy (non-hydrogen) atoms. The fourth-order valence-corrected chi connectivity index (χ4v) is 3.21. The van der Waals surface area contributed by atoms with Crippen molar-refractivity contribution < 1.29 is 33.7 Å². The predicted octanol–water partition coefficient (Wildman–Crippen LogP) is 4.14. The van der Waals surface area contributed by atoms with Gasteiger partial charge in [-0.1, -0.05) is 66.2 Å². The average molecular weight is 422 g/mol. The molecule has 0 amide bonds. The average Bonchev–Trinajstić information content (AvgIpc) is 2.71. The Hall–Kier alpha value is -0.830. The Morgan fingerprint density at radius 1 is 0.893 bits per heavy atom. The summed E-state index contributed by atoms with van der Waals surface area (Å²) in [5.74, 6) is -0.530. The Balaban J connectivity index is 4.53. The highest BCUT2D eigenvalue weighted by Gasteiger charge is 2.27. The standard InChI is InChI=1S/C20H38O7S/c1-5-9-11-16(7-3)14-24-19(21)13-18(28-27-26-23)20(22)25-15-17(8-4)12-10-6-2/h16-18,23H,5-15H2,1-4H3/p-1. The van der Waals surface area contributed by atoms with Gasteiger partial charge < -0.3 is 14.7 Å². The third-order valence-corrected chi connectivity index (χ3v) is 5.55. The van der Waals surface area contributed by atoms with Crippen LogP contribution in [0.5, 0.6) is 0 Å². The Morgan fingerprint density at radius 3 is 1.89 bits per heavy atom. The number of hydrogen-bond donors (Lipinski definition) is 0. The van der Waals surface area contributed by atoms with E-state index in [9.17, 15) is 14.8 Å². The van der Waals surface area contributed by atoms with Crippen molar-refractivity contribution in [1.29, 1.82) is 0 Å². The molecule has 7 nitrogen and oxygen atoms in total. The quantitative estimate of drug-likeness (QED) is 0.141. The van der Waals surface area contributed by atoms with Gasteiger partial charge in [-0.2, -0.15) is 4.33 Å². The van der Waals surface area contributed by atoms with Crippen molar-refractivity contribution in [2.75, 3.05) is 13.2 Å². The minimum absolute atomic E-state index is 0.233. The number of rotatable bonds is 18. The number of esters is 2. The van der Waals surface area contributed by atoms with Crippen molar-refractivity contribution in [3.05, 3.63) is 0 Å². The van der Waals surface area contributed by atoms with Crippen molar-refractivity contribution in [3.63, 3.8) is 0 Å². The normalized spacial score (nSPS) is 14.3. The molecule has 3 unspecified atom stereocenters. The minimum Gasteiger partial charge on any atom is -0.691 e. The van der Waals surface area contributed by atoms with Gasteiger partial charge in [-0.05, 0) is 24.7 Å². The summed E-state index contributed by atoms with van der Waals surface area (Å²) in [5.41, 5.74) is 0. The minimum atomic E-state index is -0.999. The highest BCUT2D eigenvalue weighted by atomic mass is 32.2. The molecule has 0 N–H and O–H groups in total. The van der Waals surface area contributed by atoms with Crippen molar-refractivity contribution in [2.24, 2.45) is 11.8 Å². The van der Waals surface area contributed by atoms with E-state index in [1.807, 2.05) is 0 Å². The second-order valence-corrected chi connectivity index (χ2v) is 7.97. The zero-order valence-corrected chi connectivity index (χ0v) is 18.6. The third-order valence-electron chi connectivity index (χ3n) is 4.83. The molecule has 0 bridgehead atoms. The second kappa shape index (κ2) is 18.2. The molecule has 0 radical (unpaired) electrons. The molecule has 0 aliphatic carbocycles. The van der Waals surface area contributed by atoms with Gasteiger partial charge in [0.25, 0.3) is 0 Å². The van der Waals surface area contributed by atoms with Crippen LogP contribution >= 0.6 is 12.0 Å². The van der Waals surface area contributed by atoms with Crippen LogP contribution in [0.4, 0.5) is 0 Å². The van der Waals surface area contributed by atoms with Crippen molar-refractivity contribution in [3.8, 4) is 0 Å². The van der Waals surface area contributed by atoms with Gasteiger partial charge in [0.05, 0.1) is 19.6 Å². The van der Waals surface area contributed by atoms with E-state index in [1.54, 1.807) is 0 Å². The highest BCUT2D eigenvalue weighted by molar-refractivity contribution is 7.95. The van der Waals surface area contributed by atoms with Crippen LogP contribution in [0.1, 0.15) is 85.5 Å². The summed E-state index contributed by atoms with van der Waals surface area (Å²) in [6, 6.07) is 0. The molecule has 0 aromatic carbocycles. The molecule has 0 aliphatic heterocycles. The first kappa shape index (κ1) is 27.2. The molecule has 3 atom stereocenters. The van der Waals surface area contributed by atoms with Gasteiger partial charge in [0.1, 0.15) is 5.25 Å². The van der Waals surface area contributed by atoms with Crippen LogP contribution in [0.15, 0.2) is 0 Å². The molecule has 0 spiro atoms. The van der Waals surface area contributed by atoms with Crippen LogP contribution < -0.4 is 5.26 Å². The van der Waals surface area contributed by atoms with Crippen LogP contribution in [0.25, 0.3) is 0 Å². The Kier molecular flexibility index (Phi) is 17.7. The molecule has 0 saturated carbocycles. The molecule has 0 saturated heterocycles. The van der Waals surface area contributed by atoms with Crippen LogP contribution in [-0.4, -0.2) is 30.4 Å². The molecule has 0 aromatic rings. The SMILES string of the molecule is CCCCC(CC)COC(=O)CC(SOO[O-])C(=O)OCC(CC)CCCC. The van der Waals surface area contributed by atoms with Gasteiger partial charge in [0.15, 0.2) is 0 Å². The molecule has 166 valence electrons. The van der Waals surface area contributed by atoms with Crippen LogP contribution in [0.2, 0.25) is 0 Å². The smallest absolute Gasteiger partial charge is 0.322 e. The van der Waals surface area contributed by atoms with Gasteiger partial charge in [-0.3, -0.25) is 14.6 Å². The first-order chi connectivity index (χ1) is 13.5. The number of hydrogen-bond acceptors (Lipinski definition) is 8. The number of unbranched alkanes of at least 4 members (excludes halogenated alkanes) is 2. The fraction of sp³-hybridized carbons (Fsp3) is 0.900. The van der Waals surface area contributed by atoms with E-state index in [0.29, 0.717) is 24.6 Å². The fourth-order valence-electron chi connectivity index (χ4n) is 2.73. The molecular weight excluding hydrogens is 384 g/mol. The molecule has 0 rings (SSSR count). The van der Waals surface area contributed by atoms with Gasteiger partial charge in [0.2, 0.25) is 0 Å². The summed E-state index contributed by atoms with van der Waals surface area (Å²) >= 11 is 0.479. The third kappa shape index (κ3) is 13.4. The highest BCUT2D eigenvalue weighted by Crippen LogP contribution is 2.21. The van der Waals surface area contributed by atoms with E-state index in [-0.39, 0.29) is 18.9 Å². The first-order valence-electron chi connectivity index (χ1n) is 10.5. The van der Waals surface area contributed by atoms with Crippen molar-refractivity contribution in [2.45, 2.75) is 90.7 Å². The van der Waals surface area contributed by atoms with E-state index in [4.69, 9.17) is 9.47 Å². The van der Waals surface area contributed by atoms with E-state index >= 15 is 0 Å². The monoisotopic (exact) mass is 421 g/mol. The Labute approximate surface area is 173 Å². The van der Waals surface area contributed by atoms with Gasteiger partial charge in [-0.25, -0.2) is 0 Å². The van der Waals surface area contributed by atoms with E-state index in [1.165, 1.54) is 0 Å². The topological polar surface area (TPSA) is 94.1 Å². The number of carbonyl (C=O) groups excluding carboxylic acids is 2. The molecule has 0 aromatic heterocycles. The largest absolute Gasteiger partial charge is 0.691 e. The maximum Gasteiger partial charge on any atom is 0.322 e. The molecule has 0 heterocycles. The summed E-state index contributed by atoms with van der Waals surface area (Å²) in [6.07, 6.45) is 7.93. The number of ether oxygens (including phenoxy) is 2. The Morgan fingerprint density at radius 2 is 1.43 bits per heavy atom. The lowest BCUT2D eigenvalue weighted by Crippen LogP contribution is -2.27. The van der Waals surface area contributed by atoms with Crippen LogP contribution in [-0.2, 0) is 28.4 Å². The Bertz CT molecular complexity index is 406. The molecular formula is C20H37O7S-. The van der Waals surface area contributed by atoms with Gasteiger partial charge in [0, 0.05) is 12.0 Å². The van der Waals surface area contributed by atoms with Crippen LogP contribution in [0.3, 0.4) is 0 Å². The second-order valence-electron chi connectivity index (χ2n) is 7.07. The maximum absolute atomic E-state index is 12.3. The van der Waals surface area contributed by atoms with E-state index in [0.717, 1.165) is 51.4 Å². The first-order valence-corrected chi connectivity index (χ1v) is 11.3. The summed E-state index contributed by atoms with van der Waals surface area (Å²) in [7, 11) is 0. The van der Waals surface area contributed by atoms with Crippen molar-refractivity contribution in [1.82, 2.24) is 0 Å². The zero-order valence-electron chi connectivity index (χ0n) is 17.8.